The third-order valence-corrected chi connectivity index (χ3v) is 2.72. The van der Waals surface area contributed by atoms with Gasteiger partial charge in [0, 0.05) is 6.04 Å². The van der Waals surface area contributed by atoms with Crippen LogP contribution < -0.4 is 5.73 Å². The average Bonchev–Trinajstić information content (AvgIpc) is 2.12. The fraction of sp³-hybridized carbons (Fsp3) is 0.400. The van der Waals surface area contributed by atoms with Gasteiger partial charge in [-0.2, -0.15) is 0 Å². The standard InChI is InChI=1S/C10H13Cl2NO/c1-5(2)9(13)6-3-7(11)10(14)8(12)4-6/h3-5,9,14H,13H2,1-2H3. The molecule has 0 aliphatic heterocycles. The summed E-state index contributed by atoms with van der Waals surface area (Å²) in [4.78, 5) is 0. The Morgan fingerprint density at radius 1 is 1.21 bits per heavy atom. The lowest BCUT2D eigenvalue weighted by Gasteiger charge is -2.17. The van der Waals surface area contributed by atoms with Crippen LogP contribution in [0.1, 0.15) is 25.5 Å². The molecule has 78 valence electrons. The van der Waals surface area contributed by atoms with Gasteiger partial charge in [0.15, 0.2) is 5.75 Å². The Balaban J connectivity index is 3.12. The Bertz CT molecular complexity index is 316. The first-order valence-corrected chi connectivity index (χ1v) is 5.12. The molecule has 1 atom stereocenters. The number of aromatic hydroxyl groups is 1. The Morgan fingerprint density at radius 3 is 2.00 bits per heavy atom. The molecule has 1 rings (SSSR count). The fourth-order valence-electron chi connectivity index (χ4n) is 1.16. The van der Waals surface area contributed by atoms with E-state index in [0.717, 1.165) is 5.56 Å². The lowest BCUT2D eigenvalue weighted by molar-refractivity contribution is 0.473. The number of rotatable bonds is 2. The first-order valence-electron chi connectivity index (χ1n) is 4.37. The second-order valence-corrected chi connectivity index (χ2v) is 4.42. The lowest BCUT2D eigenvalue weighted by atomic mass is 9.97. The molecule has 0 aromatic heterocycles. The summed E-state index contributed by atoms with van der Waals surface area (Å²) in [7, 11) is 0. The highest BCUT2D eigenvalue weighted by molar-refractivity contribution is 6.37. The smallest absolute Gasteiger partial charge is 0.152 e. The first-order chi connectivity index (χ1) is 6.43. The van der Waals surface area contributed by atoms with Crippen molar-refractivity contribution in [2.24, 2.45) is 11.7 Å². The van der Waals surface area contributed by atoms with Gasteiger partial charge in [0.1, 0.15) is 0 Å². The normalized spacial score (nSPS) is 13.3. The molecule has 4 heteroatoms. The molecule has 14 heavy (non-hydrogen) atoms. The van der Waals surface area contributed by atoms with Crippen LogP contribution in [0.2, 0.25) is 10.0 Å². The summed E-state index contributed by atoms with van der Waals surface area (Å²) in [6.45, 7) is 4.03. The second kappa shape index (κ2) is 4.39. The largest absolute Gasteiger partial charge is 0.505 e. The molecule has 0 bridgehead atoms. The molecular weight excluding hydrogens is 221 g/mol. The summed E-state index contributed by atoms with van der Waals surface area (Å²) in [6, 6.07) is 3.17. The van der Waals surface area contributed by atoms with Gasteiger partial charge >= 0.3 is 0 Å². The topological polar surface area (TPSA) is 46.2 Å². The van der Waals surface area contributed by atoms with E-state index < -0.39 is 0 Å². The highest BCUT2D eigenvalue weighted by Crippen LogP contribution is 2.35. The van der Waals surface area contributed by atoms with Gasteiger partial charge in [-0.1, -0.05) is 37.0 Å². The van der Waals surface area contributed by atoms with Crippen LogP contribution >= 0.6 is 23.2 Å². The van der Waals surface area contributed by atoms with Crippen LogP contribution in [0.15, 0.2) is 12.1 Å². The van der Waals surface area contributed by atoms with Gasteiger partial charge < -0.3 is 10.8 Å². The van der Waals surface area contributed by atoms with Gasteiger partial charge in [-0.05, 0) is 23.6 Å². The maximum absolute atomic E-state index is 9.35. The van der Waals surface area contributed by atoms with Gasteiger partial charge in [-0.15, -0.1) is 0 Å². The van der Waals surface area contributed by atoms with Crippen molar-refractivity contribution in [2.75, 3.05) is 0 Å². The molecule has 3 N–H and O–H groups in total. The minimum atomic E-state index is -0.120. The van der Waals surface area contributed by atoms with Crippen molar-refractivity contribution >= 4 is 23.2 Å². The van der Waals surface area contributed by atoms with Crippen LogP contribution in [0.4, 0.5) is 0 Å². The van der Waals surface area contributed by atoms with Gasteiger partial charge in [0.2, 0.25) is 0 Å². The molecule has 1 unspecified atom stereocenters. The third kappa shape index (κ3) is 2.32. The van der Waals surface area contributed by atoms with Crippen molar-refractivity contribution in [2.45, 2.75) is 19.9 Å². The van der Waals surface area contributed by atoms with E-state index >= 15 is 0 Å². The molecule has 2 nitrogen and oxygen atoms in total. The molecule has 0 radical (unpaired) electrons. The molecule has 1 aromatic rings. The summed E-state index contributed by atoms with van der Waals surface area (Å²) in [6.07, 6.45) is 0. The minimum absolute atomic E-state index is 0.0898. The van der Waals surface area contributed by atoms with Crippen molar-refractivity contribution in [3.05, 3.63) is 27.7 Å². The Morgan fingerprint density at radius 2 is 1.64 bits per heavy atom. The Labute approximate surface area is 93.6 Å². The van der Waals surface area contributed by atoms with E-state index in [9.17, 15) is 5.11 Å². The summed E-state index contributed by atoms with van der Waals surface area (Å²) in [5, 5.41) is 9.83. The van der Waals surface area contributed by atoms with Crippen LogP contribution in [0, 0.1) is 5.92 Å². The lowest BCUT2D eigenvalue weighted by Crippen LogP contribution is -2.16. The van der Waals surface area contributed by atoms with E-state index in [1.807, 2.05) is 13.8 Å². The van der Waals surface area contributed by atoms with E-state index in [0.29, 0.717) is 5.92 Å². The number of hydrogen-bond donors (Lipinski definition) is 2. The maximum Gasteiger partial charge on any atom is 0.152 e. The van der Waals surface area contributed by atoms with E-state index in [4.69, 9.17) is 28.9 Å². The highest BCUT2D eigenvalue weighted by Gasteiger charge is 2.14. The minimum Gasteiger partial charge on any atom is -0.505 e. The second-order valence-electron chi connectivity index (χ2n) is 3.60. The van der Waals surface area contributed by atoms with E-state index in [2.05, 4.69) is 0 Å². The van der Waals surface area contributed by atoms with Crippen LogP contribution in [0.25, 0.3) is 0 Å². The van der Waals surface area contributed by atoms with Crippen LogP contribution in [-0.2, 0) is 0 Å². The summed E-state index contributed by atoms with van der Waals surface area (Å²) in [5.74, 6) is 0.208. The zero-order chi connectivity index (χ0) is 10.9. The number of halogens is 2. The van der Waals surface area contributed by atoms with Gasteiger partial charge in [0.25, 0.3) is 0 Å². The predicted octanol–water partition coefficient (Wildman–Crippen LogP) is 3.35. The zero-order valence-corrected chi connectivity index (χ0v) is 9.60. The number of hydrogen-bond acceptors (Lipinski definition) is 2. The average molecular weight is 234 g/mol. The van der Waals surface area contributed by atoms with Crippen molar-refractivity contribution in [1.29, 1.82) is 0 Å². The Kier molecular flexibility index (Phi) is 3.65. The van der Waals surface area contributed by atoms with Crippen LogP contribution in [-0.4, -0.2) is 5.11 Å². The fourth-order valence-corrected chi connectivity index (χ4v) is 1.67. The first kappa shape index (κ1) is 11.6. The van der Waals surface area contributed by atoms with Crippen molar-refractivity contribution in [3.63, 3.8) is 0 Å². The predicted molar refractivity (Wildman–Crippen MR) is 59.9 cm³/mol. The monoisotopic (exact) mass is 233 g/mol. The molecule has 0 aliphatic carbocycles. The van der Waals surface area contributed by atoms with E-state index in [-0.39, 0.29) is 21.8 Å². The highest BCUT2D eigenvalue weighted by atomic mass is 35.5. The van der Waals surface area contributed by atoms with Gasteiger partial charge in [0.05, 0.1) is 10.0 Å². The molecule has 0 saturated heterocycles. The molecular formula is C10H13Cl2NO. The SMILES string of the molecule is CC(C)C(N)c1cc(Cl)c(O)c(Cl)c1. The summed E-state index contributed by atoms with van der Waals surface area (Å²) < 4.78 is 0. The molecule has 0 spiro atoms. The maximum atomic E-state index is 9.35. The van der Waals surface area contributed by atoms with Crippen molar-refractivity contribution in [1.82, 2.24) is 0 Å². The summed E-state index contributed by atoms with van der Waals surface area (Å²) in [5.41, 5.74) is 6.77. The van der Waals surface area contributed by atoms with E-state index in [1.165, 1.54) is 0 Å². The van der Waals surface area contributed by atoms with E-state index in [1.54, 1.807) is 12.1 Å². The van der Waals surface area contributed by atoms with Crippen LogP contribution in [0.5, 0.6) is 5.75 Å². The number of benzene rings is 1. The molecule has 1 aromatic carbocycles. The Hall–Kier alpha value is -0.440. The van der Waals surface area contributed by atoms with Gasteiger partial charge in [-0.3, -0.25) is 0 Å². The molecule has 0 heterocycles. The molecule has 0 aliphatic rings. The number of nitrogens with two attached hydrogens (primary N) is 1. The quantitative estimate of drug-likeness (QED) is 0.824. The van der Waals surface area contributed by atoms with Gasteiger partial charge in [-0.25, -0.2) is 0 Å². The summed E-state index contributed by atoms with van der Waals surface area (Å²) >= 11 is 11.6. The molecule has 0 fully saturated rings. The van der Waals surface area contributed by atoms with Crippen molar-refractivity contribution < 1.29 is 5.11 Å². The number of phenols is 1. The zero-order valence-electron chi connectivity index (χ0n) is 8.09. The number of phenolic OH excluding ortho intramolecular Hbond substituents is 1. The molecule has 0 saturated carbocycles. The molecule has 0 amide bonds. The van der Waals surface area contributed by atoms with Crippen LogP contribution in [0.3, 0.4) is 0 Å². The van der Waals surface area contributed by atoms with Crippen molar-refractivity contribution in [3.8, 4) is 5.75 Å². The third-order valence-electron chi connectivity index (χ3n) is 2.14.